The van der Waals surface area contributed by atoms with E-state index in [1.807, 2.05) is 113 Å². The van der Waals surface area contributed by atoms with Crippen LogP contribution in [0.2, 0.25) is 0 Å². The average molecular weight is 797 g/mol. The molecule has 4 aromatic rings. The van der Waals surface area contributed by atoms with Crippen LogP contribution in [-0.4, -0.2) is 69.5 Å². The van der Waals surface area contributed by atoms with Gasteiger partial charge in [0.15, 0.2) is 0 Å². The number of fused-ring (bicyclic) bond motifs is 2. The lowest BCUT2D eigenvalue weighted by molar-refractivity contribution is 0.421. The maximum Gasteiger partial charge on any atom is 0.127 e. The molecule has 0 radical (unpaired) electrons. The van der Waals surface area contributed by atoms with Gasteiger partial charge < -0.3 is 20.4 Å². The minimum absolute atomic E-state index is 0.354. The molecule has 59 heavy (non-hydrogen) atoms. The van der Waals surface area contributed by atoms with Crippen LogP contribution in [0.3, 0.4) is 0 Å². The molecule has 0 heterocycles. The molecule has 5 fully saturated rings. The van der Waals surface area contributed by atoms with E-state index in [4.69, 9.17) is 4.99 Å². The van der Waals surface area contributed by atoms with Gasteiger partial charge in [-0.2, -0.15) is 0 Å². The van der Waals surface area contributed by atoms with Gasteiger partial charge in [-0.15, -0.1) is 0 Å². The number of aryl methyl sites for hydroxylation is 4. The molecule has 312 valence electrons. The minimum atomic E-state index is 0.354. The van der Waals surface area contributed by atoms with Crippen molar-refractivity contribution in [2.45, 2.75) is 135 Å². The van der Waals surface area contributed by atoms with Crippen molar-refractivity contribution in [2.24, 2.45) is 31.8 Å². The van der Waals surface area contributed by atoms with Crippen molar-refractivity contribution < 1.29 is 20.4 Å². The normalized spacial score (nSPS) is 21.3. The summed E-state index contributed by atoms with van der Waals surface area (Å²) in [5.41, 5.74) is 6.98. The van der Waals surface area contributed by atoms with Crippen LogP contribution in [0.5, 0.6) is 23.0 Å². The predicted octanol–water partition coefficient (Wildman–Crippen LogP) is 11.3. The average Bonchev–Trinajstić information content (AvgIpc) is 3.51. The highest BCUT2D eigenvalue weighted by atomic mass is 16.3. The molecule has 0 amide bonds. The van der Waals surface area contributed by atoms with E-state index in [9.17, 15) is 20.4 Å². The molecule has 0 spiro atoms. The number of phenolic OH excluding ortho intramolecular Hbond substituents is 4. The topological polar surface area (TPSA) is 130 Å². The lowest BCUT2D eigenvalue weighted by Crippen LogP contribution is -2.14. The van der Waals surface area contributed by atoms with Gasteiger partial charge in [-0.3, -0.25) is 20.0 Å². The van der Waals surface area contributed by atoms with Gasteiger partial charge in [0.25, 0.3) is 0 Å². The van der Waals surface area contributed by atoms with Gasteiger partial charge in [0.1, 0.15) is 23.0 Å². The molecule has 0 aliphatic heterocycles. The summed E-state index contributed by atoms with van der Waals surface area (Å²) < 4.78 is 0. The van der Waals surface area contributed by atoms with E-state index in [2.05, 4.69) is 15.0 Å². The van der Waals surface area contributed by atoms with Gasteiger partial charge in [0.2, 0.25) is 0 Å². The molecule has 4 N–H and O–H groups in total. The molecule has 5 saturated carbocycles. The Morgan fingerprint density at radius 2 is 0.763 bits per heavy atom. The smallest absolute Gasteiger partial charge is 0.127 e. The van der Waals surface area contributed by atoms with Crippen LogP contribution in [0, 0.1) is 39.5 Å². The Kier molecular flexibility index (Phi) is 15.5. The molecule has 8 heteroatoms. The van der Waals surface area contributed by atoms with Crippen molar-refractivity contribution in [1.29, 1.82) is 0 Å². The van der Waals surface area contributed by atoms with Gasteiger partial charge in [0, 0.05) is 59.2 Å². The first-order chi connectivity index (χ1) is 28.5. The van der Waals surface area contributed by atoms with Gasteiger partial charge in [0.05, 0.1) is 12.1 Å². The number of aliphatic imine (C=N–C) groups is 4. The summed E-state index contributed by atoms with van der Waals surface area (Å²) in [4.78, 5) is 17.9. The van der Waals surface area contributed by atoms with Crippen molar-refractivity contribution in [3.8, 4) is 23.0 Å². The first kappa shape index (κ1) is 43.3. The molecule has 9 rings (SSSR count). The van der Waals surface area contributed by atoms with Crippen LogP contribution in [0.15, 0.2) is 92.8 Å². The molecule has 4 aromatic carbocycles. The maximum atomic E-state index is 9.91. The van der Waals surface area contributed by atoms with E-state index >= 15 is 0 Å². The molecule has 3 atom stereocenters. The van der Waals surface area contributed by atoms with E-state index in [0.717, 1.165) is 56.3 Å². The van der Waals surface area contributed by atoms with Crippen molar-refractivity contribution in [3.63, 3.8) is 0 Å². The molecule has 2 bridgehead atoms. The number of hydrogen-bond donors (Lipinski definition) is 4. The molecular weight excluding hydrogens is 733 g/mol. The molecule has 8 nitrogen and oxygen atoms in total. The Labute approximate surface area is 351 Å². The van der Waals surface area contributed by atoms with E-state index in [1.165, 1.54) is 83.5 Å². The van der Waals surface area contributed by atoms with Crippen molar-refractivity contribution in [1.82, 2.24) is 0 Å². The van der Waals surface area contributed by atoms with E-state index in [1.54, 1.807) is 12.4 Å². The summed E-state index contributed by atoms with van der Waals surface area (Å²) in [5.74, 6) is 3.18. The number of aromatic hydroxyl groups is 4. The maximum absolute atomic E-state index is 9.91. The van der Waals surface area contributed by atoms with Crippen LogP contribution in [0.4, 0.5) is 0 Å². The highest BCUT2D eigenvalue weighted by Gasteiger charge is 2.39. The van der Waals surface area contributed by atoms with Gasteiger partial charge in [-0.25, -0.2) is 0 Å². The van der Waals surface area contributed by atoms with Crippen LogP contribution in [0.1, 0.15) is 128 Å². The fourth-order valence-electron chi connectivity index (χ4n) is 8.08. The molecule has 0 aromatic heterocycles. The summed E-state index contributed by atoms with van der Waals surface area (Å²) in [6.45, 7) is 7.62. The zero-order chi connectivity index (χ0) is 41.7. The first-order valence-corrected chi connectivity index (χ1v) is 21.8. The largest absolute Gasteiger partial charge is 0.507 e. The number of nitrogens with zero attached hydrogens (tertiary/aromatic N) is 4. The molecule has 5 aliphatic carbocycles. The monoisotopic (exact) mass is 796 g/mol. The Morgan fingerprint density at radius 1 is 0.407 bits per heavy atom. The SMILES string of the molecule is Cc1cccc(C=NC2CC2)c1O.Cc1cccc(C=NC2CC3CCC2C3)c1O.Cc1cccc(C=NC2CCC2)c1O.Cc1cccc(C=NC2CCCC2)c1O. The fraction of sp³-hybridized carbons (Fsp3) is 0.451. The summed E-state index contributed by atoms with van der Waals surface area (Å²) in [7, 11) is 0. The van der Waals surface area contributed by atoms with Gasteiger partial charge >= 0.3 is 0 Å². The Bertz CT molecular complexity index is 2110. The van der Waals surface area contributed by atoms with E-state index < -0.39 is 0 Å². The van der Waals surface area contributed by atoms with Crippen molar-refractivity contribution >= 4 is 24.9 Å². The summed E-state index contributed by atoms with van der Waals surface area (Å²) >= 11 is 0. The molecule has 3 unspecified atom stereocenters. The number of phenols is 4. The van der Waals surface area contributed by atoms with Crippen LogP contribution in [-0.2, 0) is 0 Å². The van der Waals surface area contributed by atoms with Crippen molar-refractivity contribution in [3.05, 3.63) is 117 Å². The van der Waals surface area contributed by atoms with Gasteiger partial charge in [-0.1, -0.05) is 67.8 Å². The highest BCUT2D eigenvalue weighted by Crippen LogP contribution is 2.46. The van der Waals surface area contributed by atoms with Crippen LogP contribution >= 0.6 is 0 Å². The quantitative estimate of drug-likeness (QED) is 0.132. The summed E-state index contributed by atoms with van der Waals surface area (Å²) in [6, 6.07) is 25.0. The van der Waals surface area contributed by atoms with Crippen molar-refractivity contribution in [2.75, 3.05) is 0 Å². The second kappa shape index (κ2) is 21.1. The second-order valence-electron chi connectivity index (χ2n) is 17.2. The molecule has 0 saturated heterocycles. The first-order valence-electron chi connectivity index (χ1n) is 21.8. The zero-order valence-electron chi connectivity index (χ0n) is 35.5. The number of hydrogen-bond acceptors (Lipinski definition) is 8. The highest BCUT2D eigenvalue weighted by molar-refractivity contribution is 5.86. The standard InChI is InChI=1S/C15H19NO.C13H17NO.C12H15NO.C11H13NO/c1-10-3-2-4-13(15(10)17)9-16-14-8-11-5-6-12(14)7-11;1-10-5-4-6-11(13(10)15)9-14-12-7-2-3-8-12;1-9-4-2-5-10(12(9)14)8-13-11-6-3-7-11;1-8-3-2-4-9(11(8)13)7-12-10-5-6-10/h2-4,9,11-12,14,17H,5-8H2,1H3;4-6,9,12,15H,2-3,7-8H2,1H3;2,4-5,8,11,14H,3,6-7H2,1H3;2-4,7,10,13H,5-6H2,1H3. The predicted molar refractivity (Wildman–Crippen MR) is 244 cm³/mol. The van der Waals surface area contributed by atoms with Gasteiger partial charge in [-0.05, 0) is 150 Å². The number of para-hydroxylation sites is 4. The Balaban J connectivity index is 0.000000133. The van der Waals surface area contributed by atoms with E-state index in [0.29, 0.717) is 47.2 Å². The fourth-order valence-corrected chi connectivity index (χ4v) is 8.08. The third-order valence-electron chi connectivity index (χ3n) is 12.4. The number of benzene rings is 4. The second-order valence-corrected chi connectivity index (χ2v) is 17.2. The van der Waals surface area contributed by atoms with E-state index in [-0.39, 0.29) is 0 Å². The lowest BCUT2D eigenvalue weighted by atomic mass is 9.94. The third kappa shape index (κ3) is 12.6. The Hall–Kier alpha value is -5.24. The molecular formula is C51H64N4O4. The lowest BCUT2D eigenvalue weighted by Gasteiger charge is -2.20. The summed E-state index contributed by atoms with van der Waals surface area (Å²) in [5, 5.41) is 39.0. The Morgan fingerprint density at radius 3 is 1.07 bits per heavy atom. The zero-order valence-corrected chi connectivity index (χ0v) is 35.5. The minimum Gasteiger partial charge on any atom is -0.507 e. The van der Waals surface area contributed by atoms with Crippen LogP contribution in [0.25, 0.3) is 0 Å². The molecule has 5 aliphatic rings. The van der Waals surface area contributed by atoms with Crippen LogP contribution < -0.4 is 0 Å². The number of rotatable bonds is 8. The third-order valence-corrected chi connectivity index (χ3v) is 12.4. The summed E-state index contributed by atoms with van der Waals surface area (Å²) in [6.07, 6.45) is 23.7.